The Bertz CT molecular complexity index is 5590. The van der Waals surface area contributed by atoms with Crippen LogP contribution in [0.25, 0.3) is 34.2 Å². The van der Waals surface area contributed by atoms with Crippen molar-refractivity contribution in [3.8, 4) is 34.2 Å². The molecule has 0 spiro atoms. The average Bonchev–Trinajstić information content (AvgIpc) is 1.64. The first-order valence-corrected chi connectivity index (χ1v) is 39.5. The quantitative estimate of drug-likeness (QED) is 0.0698. The number of carbonyl (C=O) groups is 4. The van der Waals surface area contributed by atoms with Gasteiger partial charge in [0.15, 0.2) is 11.6 Å². The second-order valence-electron chi connectivity index (χ2n) is 30.9. The number of benzene rings is 4. The highest BCUT2D eigenvalue weighted by atomic mass is 19.1. The molecular formula is C85H84F2N26O6. The predicted octanol–water partition coefficient (Wildman–Crippen LogP) is 9.77. The van der Waals surface area contributed by atoms with Crippen molar-refractivity contribution in [2.45, 2.75) is 127 Å². The number of likely N-dealkylation sites (tertiary alicyclic amines) is 4. The number of carbonyl (C=O) groups excluding carboxylic acids is 6. The molecule has 8 aliphatic rings. The number of nitrogens with zero attached hydrogens (tertiary/aromatic N) is 22. The standard InChI is InChI=1S/C22H21FN6O.C22H22N6O.C20H20FN7O.C20H21N7O.CO2/c1-13-10-27-19(11-26-13)28-17-8-14-9-18(17)29(12-14)22(30)15-4-2-5-16(23)20(15)21-24-6-3-7-25-21;1-14-11-26-20(12-25-14)27-18-9-15-10-19(18)28(13-15)22(29)17-6-3-2-5-16(17)21-23-7-4-8-24-21;1-12-9-23-19(10-22-12)26-16-6-13-7-18(16)27(11-13)20(29)15-8-14(21)2-3-17(15)28-24-4-5-25-28;1-13-10-22-19(11-21-13)25-16-8-14-9-18(16)26(12-14)20(28)15-4-2-3-5-17(15)27-23-6-7-24-27;2-1-3/h2-7,10-11,14,17-18H,8-9,12H2,1H3,(H,27,28);2-8,11-12,15,18-19H,9-10,13H2,1H3,(H,26,27);2-5,8-10,13,16,18H,6-7,11H2,1H3,(H,23,26);2-7,10-11,14,16,18H,8-9,12H2,1H3,(H,22,25);. The minimum Gasteiger partial charge on any atom is -0.364 e. The van der Waals surface area contributed by atoms with Crippen LogP contribution in [0, 0.1) is 63.0 Å². The van der Waals surface area contributed by atoms with Gasteiger partial charge in [0.05, 0.1) is 160 Å². The number of fused-ring (bicyclic) bond motifs is 8. The summed E-state index contributed by atoms with van der Waals surface area (Å²) < 4.78 is 28.7. The molecule has 8 bridgehead atoms. The highest BCUT2D eigenvalue weighted by molar-refractivity contribution is 6.02. The van der Waals surface area contributed by atoms with Gasteiger partial charge >= 0.3 is 6.15 Å². The summed E-state index contributed by atoms with van der Waals surface area (Å²) in [5, 5.41) is 30.4. The molecule has 4 saturated heterocycles. The Morgan fingerprint density at radius 1 is 0.353 bits per heavy atom. The molecule has 20 rings (SSSR count). The van der Waals surface area contributed by atoms with E-state index in [9.17, 15) is 28.0 Å². The zero-order valence-electron chi connectivity index (χ0n) is 65.4. The fraction of sp³-hybridized carbons (Fsp3) is 0.329. The molecule has 4 N–H and O–H groups in total. The molecule has 34 heteroatoms. The predicted molar refractivity (Wildman–Crippen MR) is 429 cm³/mol. The van der Waals surface area contributed by atoms with Crippen molar-refractivity contribution < 1.29 is 37.5 Å². The summed E-state index contributed by atoms with van der Waals surface area (Å²) in [5.74, 6) is 4.30. The van der Waals surface area contributed by atoms with Crippen LogP contribution < -0.4 is 21.3 Å². The molecule has 0 radical (unpaired) electrons. The average molecular weight is 1600 g/mol. The zero-order chi connectivity index (χ0) is 82.2. The number of hydrogen-bond acceptors (Lipinski definition) is 26. The minimum atomic E-state index is -0.499. The molecule has 4 aromatic carbocycles. The monoisotopic (exact) mass is 1600 g/mol. The molecule has 4 saturated carbocycles. The third-order valence-electron chi connectivity index (χ3n) is 23.0. The maximum Gasteiger partial charge on any atom is 0.373 e. The number of halogens is 2. The Labute approximate surface area is 682 Å². The van der Waals surface area contributed by atoms with Gasteiger partial charge in [0.2, 0.25) is 0 Å². The van der Waals surface area contributed by atoms with Gasteiger partial charge in [-0.25, -0.2) is 48.7 Å². The first-order valence-electron chi connectivity index (χ1n) is 39.5. The summed E-state index contributed by atoms with van der Waals surface area (Å²) in [6.45, 7) is 10.6. The SMILES string of the molecule is Cc1cnc(NC2CC3CC2N(C(=O)c2cc(F)ccc2-n2nccn2)C3)cn1.Cc1cnc(NC2CC3CC2N(C(=O)c2cccc(F)c2-c2ncccn2)C3)cn1.Cc1cnc(NC2CC3CC2N(C(=O)c2ccccc2-c2ncccn2)C3)cn1.Cc1cnc(NC2CC3CC2N(C(=O)c2ccccc2-n2nccn2)C3)cn1.O=C=O. The van der Waals surface area contributed by atoms with Crippen LogP contribution in [-0.4, -0.2) is 214 Å². The number of aromatic nitrogens is 18. The molecule has 604 valence electrons. The van der Waals surface area contributed by atoms with Crippen LogP contribution in [0.4, 0.5) is 32.1 Å². The van der Waals surface area contributed by atoms with E-state index < -0.39 is 11.6 Å². The van der Waals surface area contributed by atoms with Crippen LogP contribution in [-0.2, 0) is 9.59 Å². The molecule has 12 heterocycles. The van der Waals surface area contributed by atoms with Crippen molar-refractivity contribution in [1.29, 1.82) is 0 Å². The molecule has 12 unspecified atom stereocenters. The summed E-state index contributed by atoms with van der Waals surface area (Å²) in [6.07, 6.45) is 34.8. The third kappa shape index (κ3) is 17.4. The lowest BCUT2D eigenvalue weighted by molar-refractivity contribution is -0.191. The van der Waals surface area contributed by atoms with Gasteiger partial charge in [-0.3, -0.25) is 39.1 Å². The van der Waals surface area contributed by atoms with Crippen molar-refractivity contribution in [2.75, 3.05) is 47.4 Å². The van der Waals surface area contributed by atoms with Gasteiger partial charge in [0, 0.05) is 80.7 Å². The summed E-state index contributed by atoms with van der Waals surface area (Å²) in [5.41, 5.74) is 7.42. The van der Waals surface area contributed by atoms with Gasteiger partial charge in [-0.2, -0.15) is 39.6 Å². The van der Waals surface area contributed by atoms with Crippen LogP contribution in [0.1, 0.15) is 116 Å². The number of nitrogens with one attached hydrogen (secondary N) is 4. The molecular weight excluding hydrogens is 1520 g/mol. The van der Waals surface area contributed by atoms with Crippen molar-refractivity contribution in [2.24, 2.45) is 23.7 Å². The Hall–Kier alpha value is -14.0. The lowest BCUT2D eigenvalue weighted by Crippen LogP contribution is -2.48. The highest BCUT2D eigenvalue weighted by Crippen LogP contribution is 2.45. The first kappa shape index (κ1) is 78.8. The summed E-state index contributed by atoms with van der Waals surface area (Å²) in [6, 6.07) is 28.1. The smallest absolute Gasteiger partial charge is 0.364 e. The van der Waals surface area contributed by atoms with Gasteiger partial charge in [-0.05, 0) is 163 Å². The summed E-state index contributed by atoms with van der Waals surface area (Å²) in [7, 11) is 0. The fourth-order valence-electron chi connectivity index (χ4n) is 17.9. The van der Waals surface area contributed by atoms with E-state index in [2.05, 4.69) is 101 Å². The topological polar surface area (TPSA) is 380 Å². The number of para-hydroxylation sites is 1. The second-order valence-corrected chi connectivity index (χ2v) is 30.9. The van der Waals surface area contributed by atoms with Crippen molar-refractivity contribution in [3.63, 3.8) is 0 Å². The fourth-order valence-corrected chi connectivity index (χ4v) is 17.9. The summed E-state index contributed by atoms with van der Waals surface area (Å²) >= 11 is 0. The minimum absolute atomic E-state index is 0.0253. The van der Waals surface area contributed by atoms with E-state index in [4.69, 9.17) is 9.59 Å². The van der Waals surface area contributed by atoms with Crippen molar-refractivity contribution in [3.05, 3.63) is 253 Å². The lowest BCUT2D eigenvalue weighted by Gasteiger charge is -2.34. The number of hydrogen-bond donors (Lipinski definition) is 4. The van der Waals surface area contributed by atoms with Crippen LogP contribution in [0.15, 0.2) is 196 Å². The molecule has 4 amide bonds. The number of aryl methyl sites for hydroxylation is 4. The number of amides is 4. The Kier molecular flexibility index (Phi) is 23.3. The second kappa shape index (κ2) is 35.2. The summed E-state index contributed by atoms with van der Waals surface area (Å²) in [4.78, 5) is 132. The first-order chi connectivity index (χ1) is 58.0. The maximum absolute atomic E-state index is 14.7. The zero-order valence-corrected chi connectivity index (χ0v) is 65.4. The van der Waals surface area contributed by atoms with Crippen molar-refractivity contribution >= 4 is 53.1 Å². The molecule has 12 atom stereocenters. The van der Waals surface area contributed by atoms with Crippen LogP contribution in [0.2, 0.25) is 0 Å². The third-order valence-corrected chi connectivity index (χ3v) is 23.0. The van der Waals surface area contributed by atoms with E-state index in [1.807, 2.05) is 95.8 Å². The van der Waals surface area contributed by atoms with E-state index >= 15 is 0 Å². The van der Waals surface area contributed by atoms with Gasteiger partial charge in [0.1, 0.15) is 34.9 Å². The molecule has 12 aromatic rings. The number of rotatable bonds is 16. The van der Waals surface area contributed by atoms with Gasteiger partial charge in [-0.15, -0.1) is 0 Å². The normalized spacial score (nSPS) is 22.2. The molecule has 32 nitrogen and oxygen atoms in total. The Balaban J connectivity index is 0.000000117. The van der Waals surface area contributed by atoms with E-state index in [-0.39, 0.29) is 95.1 Å². The molecule has 8 fully saturated rings. The number of anilines is 4. The maximum atomic E-state index is 14.7. The molecule has 4 aliphatic carbocycles. The van der Waals surface area contributed by atoms with Crippen LogP contribution in [0.5, 0.6) is 0 Å². The largest absolute Gasteiger partial charge is 0.373 e. The number of piperidine rings is 4. The lowest BCUT2D eigenvalue weighted by atomic mass is 10.0. The van der Waals surface area contributed by atoms with Crippen LogP contribution >= 0.6 is 0 Å². The van der Waals surface area contributed by atoms with Gasteiger partial charge < -0.3 is 40.9 Å². The van der Waals surface area contributed by atoms with Crippen LogP contribution in [0.3, 0.4) is 0 Å². The van der Waals surface area contributed by atoms with E-state index in [0.29, 0.717) is 82.3 Å². The van der Waals surface area contributed by atoms with Crippen molar-refractivity contribution in [1.82, 2.24) is 109 Å². The highest BCUT2D eigenvalue weighted by Gasteiger charge is 2.51. The molecule has 4 aliphatic heterocycles. The molecule has 8 aromatic heterocycles. The van der Waals surface area contributed by atoms with Gasteiger partial charge in [0.25, 0.3) is 23.6 Å². The molecule has 119 heavy (non-hydrogen) atoms. The van der Waals surface area contributed by atoms with Gasteiger partial charge in [-0.1, -0.05) is 36.4 Å². The Morgan fingerprint density at radius 2 is 0.697 bits per heavy atom. The Morgan fingerprint density at radius 3 is 1.09 bits per heavy atom. The van der Waals surface area contributed by atoms with E-state index in [1.165, 1.54) is 46.3 Å². The van der Waals surface area contributed by atoms with E-state index in [0.717, 1.165) is 104 Å². The van der Waals surface area contributed by atoms with E-state index in [1.54, 1.807) is 111 Å².